The van der Waals surface area contributed by atoms with Crippen LogP contribution in [0.5, 0.6) is 5.75 Å². The Hall–Kier alpha value is -3.30. The number of ether oxygens (including phenoxy) is 1. The second-order valence-electron chi connectivity index (χ2n) is 7.07. The van der Waals surface area contributed by atoms with E-state index in [1.54, 1.807) is 11.7 Å². The summed E-state index contributed by atoms with van der Waals surface area (Å²) in [4.78, 5) is 17.3. The van der Waals surface area contributed by atoms with E-state index >= 15 is 0 Å². The zero-order valence-electron chi connectivity index (χ0n) is 17.3. The summed E-state index contributed by atoms with van der Waals surface area (Å²) in [6.07, 6.45) is 0. The van der Waals surface area contributed by atoms with Crippen LogP contribution >= 0.6 is 23.6 Å². The lowest BCUT2D eigenvalue weighted by molar-refractivity contribution is -0.116. The molecule has 0 aliphatic heterocycles. The van der Waals surface area contributed by atoms with Crippen LogP contribution in [0.1, 0.15) is 11.1 Å². The highest BCUT2D eigenvalue weighted by atomic mass is 32.1. The highest BCUT2D eigenvalue weighted by Gasteiger charge is 2.15. The highest BCUT2D eigenvalue weighted by molar-refractivity contribution is 7.71. The molecule has 2 aromatic heterocycles. The van der Waals surface area contributed by atoms with Crippen molar-refractivity contribution < 1.29 is 9.53 Å². The normalized spacial score (nSPS) is 10.8. The topological polar surface area (TPSA) is 84.8 Å². The van der Waals surface area contributed by atoms with Crippen molar-refractivity contribution in [2.45, 2.75) is 20.4 Å². The number of anilines is 1. The molecule has 4 aromatic rings. The third kappa shape index (κ3) is 4.57. The molecule has 1 amide bonds. The first kappa shape index (κ1) is 21.0. The number of methoxy groups -OCH3 is 1. The van der Waals surface area contributed by atoms with E-state index in [0.29, 0.717) is 15.7 Å². The number of hydrogen-bond donors (Lipinski definition) is 2. The van der Waals surface area contributed by atoms with Crippen LogP contribution in [-0.4, -0.2) is 32.8 Å². The lowest BCUT2D eigenvalue weighted by Gasteiger charge is -2.07. The molecule has 31 heavy (non-hydrogen) atoms. The molecular weight excluding hydrogens is 430 g/mol. The molecule has 0 saturated carbocycles. The summed E-state index contributed by atoms with van der Waals surface area (Å²) in [5.41, 5.74) is 5.05. The van der Waals surface area contributed by atoms with Crippen molar-refractivity contribution in [3.8, 4) is 28.4 Å². The van der Waals surface area contributed by atoms with E-state index in [2.05, 4.69) is 38.7 Å². The summed E-state index contributed by atoms with van der Waals surface area (Å²) in [6, 6.07) is 13.7. The predicted molar refractivity (Wildman–Crippen MR) is 125 cm³/mol. The van der Waals surface area contributed by atoms with E-state index in [4.69, 9.17) is 17.0 Å². The van der Waals surface area contributed by atoms with E-state index in [0.717, 1.165) is 28.1 Å². The Morgan fingerprint density at radius 2 is 2.00 bits per heavy atom. The number of aromatic nitrogens is 4. The molecule has 0 aliphatic carbocycles. The summed E-state index contributed by atoms with van der Waals surface area (Å²) < 4.78 is 7.22. The van der Waals surface area contributed by atoms with Gasteiger partial charge in [-0.2, -0.15) is 5.10 Å². The van der Waals surface area contributed by atoms with Gasteiger partial charge in [0.2, 0.25) is 5.91 Å². The van der Waals surface area contributed by atoms with Crippen LogP contribution in [0.25, 0.3) is 22.6 Å². The molecule has 0 radical (unpaired) electrons. The maximum atomic E-state index is 12.7. The second kappa shape index (κ2) is 8.83. The number of amides is 1. The quantitative estimate of drug-likeness (QED) is 0.403. The van der Waals surface area contributed by atoms with Crippen molar-refractivity contribution in [3.05, 3.63) is 63.7 Å². The van der Waals surface area contributed by atoms with E-state index < -0.39 is 0 Å². The van der Waals surface area contributed by atoms with Crippen LogP contribution in [0.2, 0.25) is 0 Å². The summed E-state index contributed by atoms with van der Waals surface area (Å²) in [6.45, 7) is 4.12. The first-order chi connectivity index (χ1) is 14.9. The van der Waals surface area contributed by atoms with Gasteiger partial charge < -0.3 is 10.1 Å². The van der Waals surface area contributed by atoms with Crippen LogP contribution in [-0.2, 0) is 11.3 Å². The van der Waals surface area contributed by atoms with Crippen LogP contribution in [0.3, 0.4) is 0 Å². The van der Waals surface area contributed by atoms with Crippen molar-refractivity contribution in [2.75, 3.05) is 12.4 Å². The lowest BCUT2D eigenvalue weighted by Crippen LogP contribution is -2.19. The molecule has 2 heterocycles. The average molecular weight is 452 g/mol. The van der Waals surface area contributed by atoms with Crippen LogP contribution in [0.4, 0.5) is 5.13 Å². The summed E-state index contributed by atoms with van der Waals surface area (Å²) in [5, 5.41) is 12.4. The van der Waals surface area contributed by atoms with Gasteiger partial charge in [0.15, 0.2) is 15.7 Å². The smallest absolute Gasteiger partial charge is 0.246 e. The Balaban J connectivity index is 1.51. The number of carbonyl (C=O) groups is 1. The minimum absolute atomic E-state index is 0.0229. The minimum atomic E-state index is -0.228. The van der Waals surface area contributed by atoms with Gasteiger partial charge in [-0.3, -0.25) is 14.5 Å². The van der Waals surface area contributed by atoms with Gasteiger partial charge in [0.05, 0.1) is 12.8 Å². The monoisotopic (exact) mass is 451 g/mol. The number of rotatable bonds is 6. The van der Waals surface area contributed by atoms with Crippen molar-refractivity contribution in [1.29, 1.82) is 0 Å². The Morgan fingerprint density at radius 1 is 1.23 bits per heavy atom. The largest absolute Gasteiger partial charge is 0.497 e. The summed E-state index contributed by atoms with van der Waals surface area (Å²) in [5.74, 6) is 1.10. The van der Waals surface area contributed by atoms with Gasteiger partial charge in [-0.15, -0.1) is 11.3 Å². The van der Waals surface area contributed by atoms with Gasteiger partial charge in [0.1, 0.15) is 12.3 Å². The van der Waals surface area contributed by atoms with E-state index in [-0.39, 0.29) is 12.5 Å². The number of aryl methyl sites for hydroxylation is 2. The number of H-pyrrole nitrogens is 1. The predicted octanol–water partition coefficient (Wildman–Crippen LogP) is 5.00. The maximum Gasteiger partial charge on any atom is 0.246 e. The van der Waals surface area contributed by atoms with Crippen molar-refractivity contribution >= 4 is 34.6 Å². The average Bonchev–Trinajstić information content (AvgIpc) is 3.37. The fourth-order valence-electron chi connectivity index (χ4n) is 3.19. The van der Waals surface area contributed by atoms with Gasteiger partial charge in [0.25, 0.3) is 0 Å². The van der Waals surface area contributed by atoms with Crippen molar-refractivity contribution in [2.24, 2.45) is 0 Å². The van der Waals surface area contributed by atoms with Gasteiger partial charge in [0, 0.05) is 16.5 Å². The fraction of sp³-hybridized carbons (Fsp3) is 0.182. The van der Waals surface area contributed by atoms with Crippen LogP contribution in [0.15, 0.2) is 47.8 Å². The number of nitrogens with one attached hydrogen (secondary N) is 2. The number of hydrogen-bond acceptors (Lipinski definition) is 6. The Morgan fingerprint density at radius 3 is 2.74 bits per heavy atom. The maximum absolute atomic E-state index is 12.7. The SMILES string of the molecule is COc1ccc(-c2n[nH]c(=S)n2CC(=O)Nc2nc(-c3cc(C)ccc3C)cs2)cc1. The molecule has 9 heteroatoms. The third-order valence-corrected chi connectivity index (χ3v) is 5.90. The van der Waals surface area contributed by atoms with E-state index in [1.807, 2.05) is 43.5 Å². The molecule has 7 nitrogen and oxygen atoms in total. The van der Waals surface area contributed by atoms with Gasteiger partial charge in [-0.1, -0.05) is 17.7 Å². The van der Waals surface area contributed by atoms with Gasteiger partial charge in [-0.25, -0.2) is 4.98 Å². The zero-order valence-corrected chi connectivity index (χ0v) is 18.9. The zero-order chi connectivity index (χ0) is 22.0. The third-order valence-electron chi connectivity index (χ3n) is 4.83. The van der Waals surface area contributed by atoms with Crippen molar-refractivity contribution in [1.82, 2.24) is 19.7 Å². The Bertz CT molecular complexity index is 1290. The molecule has 0 spiro atoms. The molecule has 0 saturated heterocycles. The van der Waals surface area contributed by atoms with Crippen molar-refractivity contribution in [3.63, 3.8) is 0 Å². The number of thiazole rings is 1. The fourth-order valence-corrected chi connectivity index (χ4v) is 4.12. The van der Waals surface area contributed by atoms with Crippen LogP contribution in [0, 0.1) is 18.6 Å². The Labute approximate surface area is 188 Å². The number of nitrogens with zero attached hydrogens (tertiary/aromatic N) is 3. The van der Waals surface area contributed by atoms with Gasteiger partial charge in [-0.05, 0) is 62.0 Å². The number of aromatic amines is 1. The molecule has 2 aromatic carbocycles. The Kier molecular flexibility index (Phi) is 5.97. The second-order valence-corrected chi connectivity index (χ2v) is 8.32. The molecule has 0 aliphatic rings. The lowest BCUT2D eigenvalue weighted by atomic mass is 10.0. The molecule has 0 unspecified atom stereocenters. The molecule has 0 bridgehead atoms. The van der Waals surface area contributed by atoms with Gasteiger partial charge >= 0.3 is 0 Å². The first-order valence-corrected chi connectivity index (χ1v) is 10.9. The minimum Gasteiger partial charge on any atom is -0.497 e. The molecular formula is C22H21N5O2S2. The summed E-state index contributed by atoms with van der Waals surface area (Å²) in [7, 11) is 1.61. The van der Waals surface area contributed by atoms with E-state index in [9.17, 15) is 4.79 Å². The number of benzene rings is 2. The van der Waals surface area contributed by atoms with E-state index in [1.165, 1.54) is 16.9 Å². The number of carbonyl (C=O) groups excluding carboxylic acids is 1. The molecule has 2 N–H and O–H groups in total. The standard InChI is InChI=1S/C22H21N5O2S2/c1-13-4-5-14(2)17(10-13)18-12-31-21(23-18)24-19(28)11-27-20(25-26-22(27)30)15-6-8-16(29-3)9-7-15/h4-10,12H,11H2,1-3H3,(H,26,30)(H,23,24,28). The summed E-state index contributed by atoms with van der Waals surface area (Å²) >= 11 is 6.72. The molecule has 4 rings (SSSR count). The first-order valence-electron chi connectivity index (χ1n) is 9.57. The molecule has 158 valence electrons. The molecule has 0 fully saturated rings. The van der Waals surface area contributed by atoms with Crippen LogP contribution < -0.4 is 10.1 Å². The highest BCUT2D eigenvalue weighted by Crippen LogP contribution is 2.28. The molecule has 0 atom stereocenters.